The van der Waals surface area contributed by atoms with E-state index in [-0.39, 0.29) is 0 Å². The summed E-state index contributed by atoms with van der Waals surface area (Å²) in [5.41, 5.74) is 2.33. The van der Waals surface area contributed by atoms with Crippen LogP contribution in [-0.4, -0.2) is 12.8 Å². The summed E-state index contributed by atoms with van der Waals surface area (Å²) < 4.78 is 5.84. The zero-order chi connectivity index (χ0) is 22.5. The summed E-state index contributed by atoms with van der Waals surface area (Å²) in [6.45, 7) is 3.83. The van der Waals surface area contributed by atoms with Gasteiger partial charge >= 0.3 is 0 Å². The van der Waals surface area contributed by atoms with E-state index in [2.05, 4.69) is 36.2 Å². The van der Waals surface area contributed by atoms with Crippen molar-refractivity contribution in [2.24, 2.45) is 4.99 Å². The number of ether oxygens (including phenoxy) is 1. The number of benzene rings is 2. The third kappa shape index (κ3) is 13.3. The van der Waals surface area contributed by atoms with Crippen LogP contribution in [0.25, 0.3) is 0 Å². The molecule has 2 heteroatoms. The van der Waals surface area contributed by atoms with Crippen molar-refractivity contribution in [3.05, 3.63) is 65.7 Å². The molecule has 0 atom stereocenters. The Morgan fingerprint density at radius 1 is 0.625 bits per heavy atom. The molecule has 0 amide bonds. The standard InChI is InChI=1S/C30H45NO/c1-2-3-4-5-6-7-8-9-10-11-12-13-14-18-25-31-26-28-21-23-30(24-22-28)32-27-29-19-16-15-17-20-29/h15-17,19-24,26H,2-14,18,25,27H2,1H3. The fraction of sp³-hybridized carbons (Fsp3) is 0.567. The van der Waals surface area contributed by atoms with E-state index in [9.17, 15) is 0 Å². The van der Waals surface area contributed by atoms with Gasteiger partial charge in [0.1, 0.15) is 12.4 Å². The molecule has 0 spiro atoms. The minimum absolute atomic E-state index is 0.605. The normalized spacial score (nSPS) is 11.3. The summed E-state index contributed by atoms with van der Waals surface area (Å²) in [6, 6.07) is 18.5. The molecule has 0 N–H and O–H groups in total. The lowest BCUT2D eigenvalue weighted by atomic mass is 10.0. The molecule has 0 bridgehead atoms. The van der Waals surface area contributed by atoms with Crippen LogP contribution in [0.3, 0.4) is 0 Å². The molecular formula is C30H45NO. The molecule has 2 rings (SSSR count). The summed E-state index contributed by atoms with van der Waals surface area (Å²) in [5, 5.41) is 0. The number of hydrogen-bond donors (Lipinski definition) is 0. The highest BCUT2D eigenvalue weighted by molar-refractivity contribution is 5.79. The van der Waals surface area contributed by atoms with Crippen LogP contribution >= 0.6 is 0 Å². The summed E-state index contributed by atoms with van der Waals surface area (Å²) in [4.78, 5) is 4.59. The molecular weight excluding hydrogens is 390 g/mol. The third-order valence-corrected chi connectivity index (χ3v) is 6.01. The Morgan fingerprint density at radius 3 is 1.72 bits per heavy atom. The van der Waals surface area contributed by atoms with Crippen molar-refractivity contribution in [3.63, 3.8) is 0 Å². The second kappa shape index (κ2) is 18.5. The molecule has 2 aromatic carbocycles. The quantitative estimate of drug-likeness (QED) is 0.159. The highest BCUT2D eigenvalue weighted by Gasteiger charge is 1.96. The fourth-order valence-corrected chi connectivity index (χ4v) is 3.96. The lowest BCUT2D eigenvalue weighted by Crippen LogP contribution is -1.95. The molecule has 0 aliphatic heterocycles. The highest BCUT2D eigenvalue weighted by Crippen LogP contribution is 2.14. The average Bonchev–Trinajstić information content (AvgIpc) is 2.84. The molecule has 0 aliphatic carbocycles. The van der Waals surface area contributed by atoms with Crippen molar-refractivity contribution >= 4 is 6.21 Å². The molecule has 176 valence electrons. The zero-order valence-corrected chi connectivity index (χ0v) is 20.4. The Balaban J connectivity index is 1.40. The van der Waals surface area contributed by atoms with E-state index in [1.165, 1.54) is 95.5 Å². The van der Waals surface area contributed by atoms with Crippen LogP contribution in [-0.2, 0) is 6.61 Å². The van der Waals surface area contributed by atoms with Gasteiger partial charge in [-0.05, 0) is 41.8 Å². The molecule has 0 radical (unpaired) electrons. The zero-order valence-electron chi connectivity index (χ0n) is 20.4. The number of unbranched alkanes of at least 4 members (excludes halogenated alkanes) is 13. The van der Waals surface area contributed by atoms with E-state index in [4.69, 9.17) is 4.74 Å². The maximum atomic E-state index is 5.84. The van der Waals surface area contributed by atoms with Crippen molar-refractivity contribution in [1.29, 1.82) is 0 Å². The monoisotopic (exact) mass is 435 g/mol. The summed E-state index contributed by atoms with van der Waals surface area (Å²) in [5.74, 6) is 0.901. The third-order valence-electron chi connectivity index (χ3n) is 6.01. The van der Waals surface area contributed by atoms with Gasteiger partial charge in [0.15, 0.2) is 0 Å². The molecule has 0 aliphatic rings. The maximum Gasteiger partial charge on any atom is 0.119 e. The van der Waals surface area contributed by atoms with Gasteiger partial charge in [-0.15, -0.1) is 0 Å². The largest absolute Gasteiger partial charge is 0.489 e. The maximum absolute atomic E-state index is 5.84. The van der Waals surface area contributed by atoms with E-state index in [0.29, 0.717) is 6.61 Å². The number of nitrogens with zero attached hydrogens (tertiary/aromatic N) is 1. The van der Waals surface area contributed by atoms with Crippen LogP contribution in [0.2, 0.25) is 0 Å². The first-order valence-corrected chi connectivity index (χ1v) is 13.1. The molecule has 32 heavy (non-hydrogen) atoms. The van der Waals surface area contributed by atoms with Crippen LogP contribution in [0, 0.1) is 0 Å². The molecule has 0 saturated heterocycles. The topological polar surface area (TPSA) is 21.6 Å². The SMILES string of the molecule is CCCCCCCCCCCCCCCCN=Cc1ccc(OCc2ccccc2)cc1. The Kier molecular flexibility index (Phi) is 15.1. The predicted molar refractivity (Wildman–Crippen MR) is 140 cm³/mol. The van der Waals surface area contributed by atoms with Gasteiger partial charge in [0.2, 0.25) is 0 Å². The van der Waals surface area contributed by atoms with Crippen LogP contribution in [0.4, 0.5) is 0 Å². The first kappa shape index (κ1) is 26.2. The van der Waals surface area contributed by atoms with Gasteiger partial charge in [-0.1, -0.05) is 121 Å². The van der Waals surface area contributed by atoms with Crippen molar-refractivity contribution in [2.75, 3.05) is 6.54 Å². The Morgan fingerprint density at radius 2 is 1.16 bits per heavy atom. The van der Waals surface area contributed by atoms with Crippen molar-refractivity contribution in [2.45, 2.75) is 103 Å². The summed E-state index contributed by atoms with van der Waals surface area (Å²) in [6.07, 6.45) is 21.5. The van der Waals surface area contributed by atoms with Crippen LogP contribution < -0.4 is 4.74 Å². The average molecular weight is 436 g/mol. The molecule has 0 fully saturated rings. The Labute approximate surface area is 197 Å². The van der Waals surface area contributed by atoms with E-state index >= 15 is 0 Å². The Hall–Kier alpha value is -2.09. The van der Waals surface area contributed by atoms with Gasteiger partial charge in [-0.25, -0.2) is 0 Å². The van der Waals surface area contributed by atoms with E-state index in [0.717, 1.165) is 17.9 Å². The van der Waals surface area contributed by atoms with Gasteiger partial charge in [-0.3, -0.25) is 4.99 Å². The van der Waals surface area contributed by atoms with Crippen molar-refractivity contribution in [1.82, 2.24) is 0 Å². The first-order chi connectivity index (χ1) is 15.9. The molecule has 0 aromatic heterocycles. The number of aliphatic imine (C=N–C) groups is 1. The van der Waals surface area contributed by atoms with E-state index in [1.54, 1.807) is 0 Å². The second-order valence-electron chi connectivity index (χ2n) is 8.97. The molecule has 0 unspecified atom stereocenters. The first-order valence-electron chi connectivity index (χ1n) is 13.1. The van der Waals surface area contributed by atoms with Gasteiger partial charge in [0.05, 0.1) is 0 Å². The van der Waals surface area contributed by atoms with Gasteiger partial charge in [0.25, 0.3) is 0 Å². The molecule has 0 saturated carbocycles. The highest BCUT2D eigenvalue weighted by atomic mass is 16.5. The van der Waals surface area contributed by atoms with Crippen LogP contribution in [0.15, 0.2) is 59.6 Å². The fourth-order valence-electron chi connectivity index (χ4n) is 3.96. The molecule has 0 heterocycles. The van der Waals surface area contributed by atoms with E-state index in [1.807, 2.05) is 36.5 Å². The van der Waals surface area contributed by atoms with E-state index < -0.39 is 0 Å². The number of rotatable bonds is 19. The lowest BCUT2D eigenvalue weighted by molar-refractivity contribution is 0.306. The smallest absolute Gasteiger partial charge is 0.119 e. The van der Waals surface area contributed by atoms with Gasteiger partial charge in [-0.2, -0.15) is 0 Å². The summed E-state index contributed by atoms with van der Waals surface area (Å²) >= 11 is 0. The molecule has 2 aromatic rings. The minimum Gasteiger partial charge on any atom is -0.489 e. The van der Waals surface area contributed by atoms with Crippen LogP contribution in [0.5, 0.6) is 5.75 Å². The van der Waals surface area contributed by atoms with Gasteiger partial charge < -0.3 is 4.74 Å². The van der Waals surface area contributed by atoms with Crippen molar-refractivity contribution < 1.29 is 4.74 Å². The number of hydrogen-bond acceptors (Lipinski definition) is 2. The predicted octanol–water partition coefficient (Wildman–Crippen LogP) is 9.17. The Bertz CT molecular complexity index is 693. The second-order valence-corrected chi connectivity index (χ2v) is 8.97. The van der Waals surface area contributed by atoms with Crippen molar-refractivity contribution in [3.8, 4) is 5.75 Å². The summed E-state index contributed by atoms with van der Waals surface area (Å²) in [7, 11) is 0. The molecule has 2 nitrogen and oxygen atoms in total. The minimum atomic E-state index is 0.605. The van der Waals surface area contributed by atoms with Crippen LogP contribution in [0.1, 0.15) is 108 Å². The van der Waals surface area contributed by atoms with Gasteiger partial charge in [0, 0.05) is 12.8 Å². The lowest BCUT2D eigenvalue weighted by Gasteiger charge is -2.06.